The molecule has 0 bridgehead atoms. The maximum absolute atomic E-state index is 13.2. The van der Waals surface area contributed by atoms with Crippen molar-refractivity contribution in [1.29, 1.82) is 0 Å². The van der Waals surface area contributed by atoms with Gasteiger partial charge in [-0.2, -0.15) is 0 Å². The lowest BCUT2D eigenvalue weighted by Gasteiger charge is -2.24. The van der Waals surface area contributed by atoms with Crippen LogP contribution in [0.3, 0.4) is 0 Å². The van der Waals surface area contributed by atoms with Gasteiger partial charge in [-0.1, -0.05) is 6.07 Å². The van der Waals surface area contributed by atoms with Crippen molar-refractivity contribution in [2.75, 3.05) is 35.7 Å². The first-order valence-electron chi connectivity index (χ1n) is 11.0. The van der Waals surface area contributed by atoms with Gasteiger partial charge in [-0.3, -0.25) is 14.6 Å². The molecule has 0 aliphatic carbocycles. The van der Waals surface area contributed by atoms with Crippen molar-refractivity contribution >= 4 is 35.0 Å². The Morgan fingerprint density at radius 1 is 1.24 bits per heavy atom. The van der Waals surface area contributed by atoms with Gasteiger partial charge in [0.05, 0.1) is 12.2 Å². The molecule has 2 amide bonds. The summed E-state index contributed by atoms with van der Waals surface area (Å²) in [6, 6.07) is 9.38. The summed E-state index contributed by atoms with van der Waals surface area (Å²) in [5, 5.41) is 7.09. The predicted octanol–water partition coefficient (Wildman–Crippen LogP) is 2.19. The van der Waals surface area contributed by atoms with Crippen molar-refractivity contribution in [1.82, 2.24) is 25.1 Å². The lowest BCUT2D eigenvalue weighted by atomic mass is 10.2. The summed E-state index contributed by atoms with van der Waals surface area (Å²) < 4.78 is 1.58. The van der Waals surface area contributed by atoms with Crippen LogP contribution in [-0.2, 0) is 11.3 Å². The summed E-state index contributed by atoms with van der Waals surface area (Å²) >= 11 is 1.57. The largest absolute Gasteiger partial charge is 0.371 e. The first-order chi connectivity index (χ1) is 16.1. The van der Waals surface area contributed by atoms with Crippen LogP contribution in [0, 0.1) is 0 Å². The highest BCUT2D eigenvalue weighted by atomic mass is 32.2. The molecule has 1 N–H and O–H groups in total. The molecule has 5 rings (SSSR count). The third-order valence-electron chi connectivity index (χ3n) is 5.92. The smallest absolute Gasteiger partial charge is 0.291 e. The van der Waals surface area contributed by atoms with E-state index in [1.807, 2.05) is 12.1 Å². The number of likely N-dealkylation sites (N-methyl/N-ethyl adjacent to an activating group) is 1. The number of carbonyl (C=O) groups is 2. The Morgan fingerprint density at radius 3 is 2.88 bits per heavy atom. The predicted molar refractivity (Wildman–Crippen MR) is 127 cm³/mol. The number of fused-ring (bicyclic) bond motifs is 1. The molecular formula is C23H25N7O2S. The SMILES string of the molecule is CN1C(=O)[C@@H](NC(=O)c2ncn(Cc3cccnc3)n2)CSc2ccc(N3CCCC3)cc21. The van der Waals surface area contributed by atoms with Crippen molar-refractivity contribution in [3.8, 4) is 0 Å². The second-order valence-corrected chi connectivity index (χ2v) is 9.27. The molecule has 4 heterocycles. The fraction of sp³-hybridized carbons (Fsp3) is 0.348. The van der Waals surface area contributed by atoms with Crippen molar-refractivity contribution in [2.45, 2.75) is 30.3 Å². The molecule has 1 atom stereocenters. The monoisotopic (exact) mass is 463 g/mol. The van der Waals surface area contributed by atoms with E-state index in [0.29, 0.717) is 12.3 Å². The van der Waals surface area contributed by atoms with E-state index in [9.17, 15) is 9.59 Å². The normalized spacial score (nSPS) is 18.2. The van der Waals surface area contributed by atoms with E-state index in [1.165, 1.54) is 19.2 Å². The average Bonchev–Trinajstić information content (AvgIpc) is 3.52. The van der Waals surface area contributed by atoms with Gasteiger partial charge in [0.15, 0.2) is 0 Å². The molecular weight excluding hydrogens is 438 g/mol. The molecule has 3 aromatic rings. The molecule has 1 saturated heterocycles. The van der Waals surface area contributed by atoms with E-state index in [1.54, 1.807) is 40.8 Å². The molecule has 1 aromatic carbocycles. The van der Waals surface area contributed by atoms with E-state index in [4.69, 9.17) is 0 Å². The van der Waals surface area contributed by atoms with E-state index >= 15 is 0 Å². The molecule has 170 valence electrons. The highest BCUT2D eigenvalue weighted by Gasteiger charge is 2.31. The van der Waals surface area contributed by atoms with Crippen LogP contribution < -0.4 is 15.1 Å². The van der Waals surface area contributed by atoms with Crippen molar-refractivity contribution in [3.63, 3.8) is 0 Å². The Kier molecular flexibility index (Phi) is 5.99. The van der Waals surface area contributed by atoms with Gasteiger partial charge in [-0.15, -0.1) is 16.9 Å². The molecule has 2 aliphatic rings. The maximum Gasteiger partial charge on any atom is 0.291 e. The van der Waals surface area contributed by atoms with Crippen molar-refractivity contribution in [3.05, 3.63) is 60.4 Å². The first kappa shape index (κ1) is 21.4. The molecule has 0 saturated carbocycles. The minimum Gasteiger partial charge on any atom is -0.371 e. The second-order valence-electron chi connectivity index (χ2n) is 8.21. The number of thioether (sulfide) groups is 1. The van der Waals surface area contributed by atoms with E-state index in [-0.39, 0.29) is 11.7 Å². The Balaban J connectivity index is 1.27. The lowest BCUT2D eigenvalue weighted by molar-refractivity contribution is -0.119. The number of amides is 2. The summed E-state index contributed by atoms with van der Waals surface area (Å²) in [5.74, 6) is -0.127. The molecule has 1 fully saturated rings. The molecule has 0 radical (unpaired) electrons. The van der Waals surface area contributed by atoms with Crippen LogP contribution in [0.4, 0.5) is 11.4 Å². The van der Waals surface area contributed by atoms with Gasteiger partial charge >= 0.3 is 0 Å². The Hall–Kier alpha value is -3.40. The average molecular weight is 464 g/mol. The molecule has 2 aromatic heterocycles. The standard InChI is InChI=1S/C23H25N7O2S/c1-28-19-11-17(29-9-2-3-10-29)6-7-20(19)33-14-18(23(28)32)26-22(31)21-25-15-30(27-21)13-16-5-4-8-24-12-16/h4-8,11-12,15,18H,2-3,9-10,13-14H2,1H3,(H,26,31)/t18-/m0/s1. The minimum atomic E-state index is -0.666. The van der Waals surface area contributed by atoms with Crippen molar-refractivity contribution < 1.29 is 9.59 Å². The zero-order valence-corrected chi connectivity index (χ0v) is 19.2. The molecule has 0 spiro atoms. The molecule has 33 heavy (non-hydrogen) atoms. The third kappa shape index (κ3) is 4.56. The Bertz CT molecular complexity index is 1160. The summed E-state index contributed by atoms with van der Waals surface area (Å²) in [7, 11) is 1.76. The number of anilines is 2. The van der Waals surface area contributed by atoms with Crippen LogP contribution in [0.1, 0.15) is 29.0 Å². The van der Waals surface area contributed by atoms with Crippen LogP contribution in [0.5, 0.6) is 0 Å². The van der Waals surface area contributed by atoms with Gasteiger partial charge in [0, 0.05) is 48.9 Å². The van der Waals surface area contributed by atoms with Gasteiger partial charge < -0.3 is 15.1 Å². The number of aromatic nitrogens is 4. The number of nitrogens with one attached hydrogen (secondary N) is 1. The summed E-state index contributed by atoms with van der Waals surface area (Å²) in [6.45, 7) is 2.55. The number of hydrogen-bond acceptors (Lipinski definition) is 7. The Morgan fingerprint density at radius 2 is 2.09 bits per heavy atom. The van der Waals surface area contributed by atoms with E-state index in [2.05, 4.69) is 43.5 Å². The molecule has 9 nitrogen and oxygen atoms in total. The molecule has 2 aliphatic heterocycles. The highest BCUT2D eigenvalue weighted by Crippen LogP contribution is 2.37. The van der Waals surface area contributed by atoms with Gasteiger partial charge in [-0.05, 0) is 42.7 Å². The molecule has 10 heteroatoms. The number of rotatable bonds is 5. The van der Waals surface area contributed by atoms with Crippen LogP contribution in [-0.4, -0.2) is 63.5 Å². The van der Waals surface area contributed by atoms with Gasteiger partial charge in [0.1, 0.15) is 12.4 Å². The summed E-state index contributed by atoms with van der Waals surface area (Å²) in [5.41, 5.74) is 2.97. The van der Waals surface area contributed by atoms with Gasteiger partial charge in [0.2, 0.25) is 11.7 Å². The zero-order valence-electron chi connectivity index (χ0n) is 18.3. The first-order valence-corrected chi connectivity index (χ1v) is 12.0. The van der Waals surface area contributed by atoms with Crippen LogP contribution in [0.15, 0.2) is 53.9 Å². The molecule has 0 unspecified atom stereocenters. The number of carbonyl (C=O) groups excluding carboxylic acids is 2. The van der Waals surface area contributed by atoms with Crippen LogP contribution in [0.25, 0.3) is 0 Å². The Labute approximate surface area is 196 Å². The topological polar surface area (TPSA) is 96.2 Å². The summed E-state index contributed by atoms with van der Waals surface area (Å²) in [4.78, 5) is 39.2. The maximum atomic E-state index is 13.2. The highest BCUT2D eigenvalue weighted by molar-refractivity contribution is 7.99. The summed E-state index contributed by atoms with van der Waals surface area (Å²) in [6.07, 6.45) is 7.34. The second kappa shape index (κ2) is 9.22. The number of nitrogens with zero attached hydrogens (tertiary/aromatic N) is 6. The quantitative estimate of drug-likeness (QED) is 0.620. The lowest BCUT2D eigenvalue weighted by Crippen LogP contribution is -2.48. The van der Waals surface area contributed by atoms with Crippen LogP contribution >= 0.6 is 11.8 Å². The fourth-order valence-corrected chi connectivity index (χ4v) is 5.22. The number of benzene rings is 1. The van der Waals surface area contributed by atoms with Gasteiger partial charge in [-0.25, -0.2) is 9.67 Å². The zero-order chi connectivity index (χ0) is 22.8. The number of pyridine rings is 1. The van der Waals surface area contributed by atoms with E-state index in [0.717, 1.165) is 34.9 Å². The van der Waals surface area contributed by atoms with Gasteiger partial charge in [0.25, 0.3) is 5.91 Å². The van der Waals surface area contributed by atoms with E-state index < -0.39 is 11.9 Å². The number of hydrogen-bond donors (Lipinski definition) is 1. The van der Waals surface area contributed by atoms with Crippen LogP contribution in [0.2, 0.25) is 0 Å². The third-order valence-corrected chi connectivity index (χ3v) is 7.08. The fourth-order valence-electron chi connectivity index (χ4n) is 4.14. The van der Waals surface area contributed by atoms with Crippen molar-refractivity contribution in [2.24, 2.45) is 0 Å². The minimum absolute atomic E-state index is 0.0393.